The maximum Gasteiger partial charge on any atom is 0.258 e. The van der Waals surface area contributed by atoms with E-state index in [1.54, 1.807) is 12.1 Å². The highest BCUT2D eigenvalue weighted by molar-refractivity contribution is 6.05. The number of aromatic nitrogens is 1. The van der Waals surface area contributed by atoms with Crippen LogP contribution in [0.15, 0.2) is 30.6 Å². The lowest BCUT2D eigenvalue weighted by Gasteiger charge is -2.12. The molecule has 1 heterocycles. The zero-order valence-corrected chi connectivity index (χ0v) is 10.7. The second kappa shape index (κ2) is 5.06. The van der Waals surface area contributed by atoms with Gasteiger partial charge >= 0.3 is 0 Å². The quantitative estimate of drug-likeness (QED) is 0.815. The number of pyridine rings is 1. The molecule has 1 amide bonds. The Hall–Kier alpha value is -2.43. The number of hydrogen-bond donors (Lipinski definition) is 2. The molecular formula is C14H14FN3O. The van der Waals surface area contributed by atoms with Gasteiger partial charge in [-0.15, -0.1) is 0 Å². The van der Waals surface area contributed by atoms with Crippen LogP contribution in [0, 0.1) is 19.7 Å². The molecule has 0 bridgehead atoms. The highest BCUT2D eigenvalue weighted by Crippen LogP contribution is 2.24. The zero-order chi connectivity index (χ0) is 14.0. The first-order chi connectivity index (χ1) is 8.99. The van der Waals surface area contributed by atoms with Crippen LogP contribution in [0.1, 0.15) is 21.5 Å². The van der Waals surface area contributed by atoms with Crippen LogP contribution in [0.5, 0.6) is 0 Å². The number of hydrogen-bond acceptors (Lipinski definition) is 3. The Balaban J connectivity index is 2.32. The fourth-order valence-electron chi connectivity index (χ4n) is 1.93. The van der Waals surface area contributed by atoms with E-state index in [1.165, 1.54) is 12.3 Å². The van der Waals surface area contributed by atoms with E-state index in [4.69, 9.17) is 5.73 Å². The molecular weight excluding hydrogens is 245 g/mol. The lowest BCUT2D eigenvalue weighted by Crippen LogP contribution is -2.15. The van der Waals surface area contributed by atoms with Crippen molar-refractivity contribution in [2.75, 3.05) is 11.1 Å². The lowest BCUT2D eigenvalue weighted by molar-refractivity contribution is 0.102. The number of nitrogens with two attached hydrogens (primary N) is 1. The molecule has 2 rings (SSSR count). The summed E-state index contributed by atoms with van der Waals surface area (Å²) in [5.41, 5.74) is 8.62. The fourth-order valence-corrected chi connectivity index (χ4v) is 1.93. The highest BCUT2D eigenvalue weighted by atomic mass is 19.1. The van der Waals surface area contributed by atoms with Crippen molar-refractivity contribution < 1.29 is 9.18 Å². The van der Waals surface area contributed by atoms with Crippen LogP contribution >= 0.6 is 0 Å². The van der Waals surface area contributed by atoms with Crippen LogP contribution in [0.3, 0.4) is 0 Å². The van der Waals surface area contributed by atoms with Crippen molar-refractivity contribution in [1.82, 2.24) is 4.98 Å². The van der Waals surface area contributed by atoms with Crippen LogP contribution < -0.4 is 11.1 Å². The van der Waals surface area contributed by atoms with E-state index in [-0.39, 0.29) is 5.56 Å². The van der Waals surface area contributed by atoms with E-state index in [2.05, 4.69) is 10.3 Å². The smallest absolute Gasteiger partial charge is 0.258 e. The molecule has 1 aromatic carbocycles. The number of amides is 1. The van der Waals surface area contributed by atoms with Crippen molar-refractivity contribution in [3.63, 3.8) is 0 Å². The molecule has 19 heavy (non-hydrogen) atoms. The van der Waals surface area contributed by atoms with E-state index in [0.717, 1.165) is 17.3 Å². The molecule has 0 aliphatic carbocycles. The largest absolute Gasteiger partial charge is 0.399 e. The fraction of sp³-hybridized carbons (Fsp3) is 0.143. The summed E-state index contributed by atoms with van der Waals surface area (Å²) in [6.45, 7) is 3.67. The maximum atomic E-state index is 13.5. The van der Waals surface area contributed by atoms with E-state index in [1.807, 2.05) is 13.8 Å². The first-order valence-electron chi connectivity index (χ1n) is 5.76. The third kappa shape index (κ3) is 2.70. The average Bonchev–Trinajstić information content (AvgIpc) is 2.34. The lowest BCUT2D eigenvalue weighted by atomic mass is 10.1. The third-order valence-corrected chi connectivity index (χ3v) is 2.81. The summed E-state index contributed by atoms with van der Waals surface area (Å²) < 4.78 is 13.5. The number of halogens is 1. The molecule has 0 atom stereocenters. The molecule has 0 aliphatic rings. The molecule has 0 spiro atoms. The summed E-state index contributed by atoms with van der Waals surface area (Å²) in [5, 5.41) is 2.70. The minimum absolute atomic E-state index is 0.0365. The Bertz CT molecular complexity index is 617. The van der Waals surface area contributed by atoms with Gasteiger partial charge in [0.15, 0.2) is 5.82 Å². The minimum Gasteiger partial charge on any atom is -0.399 e. The molecule has 0 saturated carbocycles. The van der Waals surface area contributed by atoms with E-state index < -0.39 is 11.7 Å². The molecule has 2 aromatic rings. The van der Waals surface area contributed by atoms with Crippen LogP contribution in [0.2, 0.25) is 0 Å². The van der Waals surface area contributed by atoms with Crippen molar-refractivity contribution in [3.8, 4) is 0 Å². The molecule has 5 heteroatoms. The number of anilines is 2. The minimum atomic E-state index is -0.647. The maximum absolute atomic E-state index is 13.5. The molecule has 4 nitrogen and oxygen atoms in total. The van der Waals surface area contributed by atoms with Crippen molar-refractivity contribution in [2.24, 2.45) is 0 Å². The summed E-state index contributed by atoms with van der Waals surface area (Å²) >= 11 is 0. The Morgan fingerprint density at radius 2 is 1.95 bits per heavy atom. The van der Waals surface area contributed by atoms with E-state index in [0.29, 0.717) is 11.4 Å². The Kier molecular flexibility index (Phi) is 3.46. The van der Waals surface area contributed by atoms with Gasteiger partial charge in [-0.2, -0.15) is 0 Å². The molecule has 0 saturated heterocycles. The first-order valence-corrected chi connectivity index (χ1v) is 5.76. The molecule has 0 unspecified atom stereocenters. The van der Waals surface area contributed by atoms with Crippen molar-refractivity contribution in [2.45, 2.75) is 13.8 Å². The molecule has 1 aromatic heterocycles. The van der Waals surface area contributed by atoms with Crippen LogP contribution in [-0.2, 0) is 0 Å². The Labute approximate surface area is 110 Å². The first kappa shape index (κ1) is 13.0. The third-order valence-electron chi connectivity index (χ3n) is 2.81. The van der Waals surface area contributed by atoms with Crippen molar-refractivity contribution in [3.05, 3.63) is 53.1 Å². The number of rotatable bonds is 2. The number of benzene rings is 1. The van der Waals surface area contributed by atoms with Gasteiger partial charge in [0.2, 0.25) is 0 Å². The topological polar surface area (TPSA) is 68.0 Å². The number of carbonyl (C=O) groups excluding carboxylic acids is 1. The number of nitrogens with zero attached hydrogens (tertiary/aromatic N) is 1. The van der Waals surface area contributed by atoms with Gasteiger partial charge in [0.1, 0.15) is 0 Å². The van der Waals surface area contributed by atoms with Gasteiger partial charge < -0.3 is 11.1 Å². The van der Waals surface area contributed by atoms with Gasteiger partial charge in [-0.3, -0.25) is 9.78 Å². The summed E-state index contributed by atoms with van der Waals surface area (Å²) in [4.78, 5) is 15.6. The van der Waals surface area contributed by atoms with Crippen molar-refractivity contribution in [1.29, 1.82) is 0 Å². The Morgan fingerprint density at radius 1 is 1.32 bits per heavy atom. The van der Waals surface area contributed by atoms with Gasteiger partial charge in [-0.1, -0.05) is 0 Å². The van der Waals surface area contributed by atoms with Gasteiger partial charge in [0.25, 0.3) is 5.91 Å². The molecule has 0 aliphatic heterocycles. The van der Waals surface area contributed by atoms with Crippen LogP contribution in [0.25, 0.3) is 0 Å². The summed E-state index contributed by atoms with van der Waals surface area (Å²) in [7, 11) is 0. The number of nitrogen functional groups attached to an aromatic ring is 1. The summed E-state index contributed by atoms with van der Waals surface area (Å²) in [6.07, 6.45) is 2.39. The predicted octanol–water partition coefficient (Wildman–Crippen LogP) is 2.67. The molecule has 0 radical (unpaired) electrons. The molecule has 98 valence electrons. The number of nitrogens with one attached hydrogen (secondary N) is 1. The normalized spacial score (nSPS) is 10.3. The molecule has 3 N–H and O–H groups in total. The number of carbonyl (C=O) groups is 1. The molecule has 0 fully saturated rings. The Morgan fingerprint density at radius 3 is 2.53 bits per heavy atom. The second-order valence-corrected chi connectivity index (χ2v) is 4.34. The number of aryl methyl sites for hydroxylation is 2. The summed E-state index contributed by atoms with van der Waals surface area (Å²) in [5.74, 6) is -1.15. The second-order valence-electron chi connectivity index (χ2n) is 4.34. The summed E-state index contributed by atoms with van der Waals surface area (Å²) in [6, 6.07) is 4.85. The highest BCUT2D eigenvalue weighted by Gasteiger charge is 2.14. The van der Waals surface area contributed by atoms with Crippen LogP contribution in [0.4, 0.5) is 15.8 Å². The van der Waals surface area contributed by atoms with Gasteiger partial charge in [0.05, 0.1) is 11.8 Å². The van der Waals surface area contributed by atoms with E-state index >= 15 is 0 Å². The van der Waals surface area contributed by atoms with Crippen molar-refractivity contribution >= 4 is 17.3 Å². The predicted molar refractivity (Wildman–Crippen MR) is 72.5 cm³/mol. The van der Waals surface area contributed by atoms with Gasteiger partial charge in [-0.25, -0.2) is 4.39 Å². The standard InChI is InChI=1S/C14H14FN3O/c1-8-5-10(16)6-9(2)13(8)18-14(19)11-3-4-17-7-12(11)15/h3-7H,16H2,1-2H3,(H,18,19). The van der Waals surface area contributed by atoms with Crippen LogP contribution in [-0.4, -0.2) is 10.9 Å². The van der Waals surface area contributed by atoms with E-state index in [9.17, 15) is 9.18 Å². The monoisotopic (exact) mass is 259 g/mol. The van der Waals surface area contributed by atoms with Gasteiger partial charge in [0, 0.05) is 17.6 Å². The van der Waals surface area contributed by atoms with Gasteiger partial charge in [-0.05, 0) is 43.2 Å². The SMILES string of the molecule is Cc1cc(N)cc(C)c1NC(=O)c1ccncc1F. The average molecular weight is 259 g/mol. The zero-order valence-electron chi connectivity index (χ0n) is 10.7.